The molecule has 3 rings (SSSR count). The van der Waals surface area contributed by atoms with Gasteiger partial charge in [-0.15, -0.1) is 0 Å². The van der Waals surface area contributed by atoms with Crippen molar-refractivity contribution in [2.24, 2.45) is 0 Å². The molecule has 5 heteroatoms. The molecule has 0 aliphatic carbocycles. The second-order valence-corrected chi connectivity index (χ2v) is 5.40. The molecule has 4 nitrogen and oxygen atoms in total. The van der Waals surface area contributed by atoms with Crippen molar-refractivity contribution >= 4 is 27.7 Å². The Morgan fingerprint density at radius 3 is 2.39 bits per heavy atom. The first kappa shape index (κ1) is 11.9. The number of morpholine rings is 1. The van der Waals surface area contributed by atoms with Gasteiger partial charge < -0.3 is 4.74 Å². The smallest absolute Gasteiger partial charge is 0.258 e. The lowest BCUT2D eigenvalue weighted by Crippen LogP contribution is -2.51. The van der Waals surface area contributed by atoms with Crippen LogP contribution >= 0.6 is 15.9 Å². The molecule has 0 spiro atoms. The topological polar surface area (TPSA) is 46.6 Å². The van der Waals surface area contributed by atoms with Gasteiger partial charge in [0, 0.05) is 4.47 Å². The highest BCUT2D eigenvalue weighted by atomic mass is 79.9. The van der Waals surface area contributed by atoms with Crippen molar-refractivity contribution in [3.63, 3.8) is 0 Å². The zero-order valence-corrected chi connectivity index (χ0v) is 11.2. The molecule has 1 aromatic rings. The lowest BCUT2D eigenvalue weighted by Gasteiger charge is -2.30. The molecule has 1 aromatic carbocycles. The lowest BCUT2D eigenvalue weighted by molar-refractivity contribution is -0.169. The highest BCUT2D eigenvalue weighted by Crippen LogP contribution is 2.30. The van der Waals surface area contributed by atoms with Crippen LogP contribution in [0.1, 0.15) is 18.4 Å². The number of hydrogen-bond donors (Lipinski definition) is 0. The van der Waals surface area contributed by atoms with Crippen molar-refractivity contribution in [3.05, 3.63) is 34.3 Å². The minimum absolute atomic E-state index is 0.204. The predicted molar refractivity (Wildman–Crippen MR) is 67.6 cm³/mol. The Balaban J connectivity index is 1.86. The first-order valence-corrected chi connectivity index (χ1v) is 6.70. The standard InChI is InChI=1S/C13H12BrNO3/c14-9-4-2-1-3-8(9)7-15-12(16)10-5-6-11(18-10)13(15)17/h1-4,10-11H,5-7H2. The predicted octanol–water partition coefficient (Wildman–Crippen LogP) is 1.87. The van der Waals surface area contributed by atoms with Gasteiger partial charge in [0.1, 0.15) is 12.2 Å². The van der Waals surface area contributed by atoms with E-state index in [1.54, 1.807) is 0 Å². The van der Waals surface area contributed by atoms with Crippen LogP contribution in [0.4, 0.5) is 0 Å². The second-order valence-electron chi connectivity index (χ2n) is 4.54. The van der Waals surface area contributed by atoms with Gasteiger partial charge in [-0.3, -0.25) is 14.5 Å². The van der Waals surface area contributed by atoms with Gasteiger partial charge in [0.25, 0.3) is 11.8 Å². The number of imide groups is 1. The molecule has 2 fully saturated rings. The van der Waals surface area contributed by atoms with Crippen LogP contribution < -0.4 is 0 Å². The summed E-state index contributed by atoms with van der Waals surface area (Å²) >= 11 is 3.43. The van der Waals surface area contributed by atoms with Gasteiger partial charge in [0.05, 0.1) is 6.54 Å². The number of carbonyl (C=O) groups is 2. The maximum absolute atomic E-state index is 12.1. The fourth-order valence-electron chi connectivity index (χ4n) is 2.41. The zero-order valence-electron chi connectivity index (χ0n) is 9.64. The third kappa shape index (κ3) is 1.87. The summed E-state index contributed by atoms with van der Waals surface area (Å²) in [5, 5.41) is 0. The molecule has 2 bridgehead atoms. The molecule has 2 atom stereocenters. The summed E-state index contributed by atoms with van der Waals surface area (Å²) in [4.78, 5) is 25.5. The van der Waals surface area contributed by atoms with Gasteiger partial charge in [-0.25, -0.2) is 0 Å². The highest BCUT2D eigenvalue weighted by Gasteiger charge is 2.46. The summed E-state index contributed by atoms with van der Waals surface area (Å²) in [5.74, 6) is -0.408. The van der Waals surface area contributed by atoms with Crippen molar-refractivity contribution < 1.29 is 14.3 Å². The number of likely N-dealkylation sites (tertiary alicyclic amines) is 1. The number of rotatable bonds is 2. The third-order valence-electron chi connectivity index (χ3n) is 3.39. The molecule has 94 valence electrons. The van der Waals surface area contributed by atoms with E-state index in [1.807, 2.05) is 24.3 Å². The summed E-state index contributed by atoms with van der Waals surface area (Å²) in [6.45, 7) is 0.315. The zero-order chi connectivity index (χ0) is 12.7. The van der Waals surface area contributed by atoms with Gasteiger partial charge >= 0.3 is 0 Å². The number of fused-ring (bicyclic) bond motifs is 2. The Morgan fingerprint density at radius 1 is 1.17 bits per heavy atom. The number of benzene rings is 1. The number of halogens is 1. The molecule has 0 N–H and O–H groups in total. The normalized spacial score (nSPS) is 26.8. The Kier molecular flexibility index (Phi) is 2.95. The Hall–Kier alpha value is -1.20. The van der Waals surface area contributed by atoms with E-state index in [2.05, 4.69) is 15.9 Å². The number of carbonyl (C=O) groups excluding carboxylic acids is 2. The van der Waals surface area contributed by atoms with E-state index in [1.165, 1.54) is 4.90 Å². The molecule has 2 saturated heterocycles. The van der Waals surface area contributed by atoms with E-state index >= 15 is 0 Å². The molecule has 0 radical (unpaired) electrons. The summed E-state index contributed by atoms with van der Waals surface area (Å²) in [6.07, 6.45) is 0.467. The van der Waals surface area contributed by atoms with Crippen molar-refractivity contribution in [3.8, 4) is 0 Å². The van der Waals surface area contributed by atoms with E-state index < -0.39 is 12.2 Å². The molecule has 0 saturated carbocycles. The van der Waals surface area contributed by atoms with Crippen LogP contribution in [0.15, 0.2) is 28.7 Å². The SMILES string of the molecule is O=C1C2CCC(O2)C(=O)N1Cc1ccccc1Br. The highest BCUT2D eigenvalue weighted by molar-refractivity contribution is 9.10. The van der Waals surface area contributed by atoms with Crippen LogP contribution in [-0.2, 0) is 20.9 Å². The van der Waals surface area contributed by atoms with E-state index in [-0.39, 0.29) is 11.8 Å². The Morgan fingerprint density at radius 2 is 1.78 bits per heavy atom. The maximum Gasteiger partial charge on any atom is 0.258 e. The summed E-state index contributed by atoms with van der Waals surface area (Å²) in [5.41, 5.74) is 0.931. The molecule has 18 heavy (non-hydrogen) atoms. The van der Waals surface area contributed by atoms with E-state index in [0.29, 0.717) is 19.4 Å². The van der Waals surface area contributed by atoms with E-state index in [0.717, 1.165) is 10.0 Å². The molecular formula is C13H12BrNO3. The van der Waals surface area contributed by atoms with Crippen molar-refractivity contribution in [1.29, 1.82) is 0 Å². The van der Waals surface area contributed by atoms with Crippen molar-refractivity contribution in [2.45, 2.75) is 31.6 Å². The number of ether oxygens (including phenoxy) is 1. The van der Waals surface area contributed by atoms with Crippen molar-refractivity contribution in [2.75, 3.05) is 0 Å². The quantitative estimate of drug-likeness (QED) is 0.784. The number of amides is 2. The van der Waals surface area contributed by atoms with Crippen LogP contribution in [0.2, 0.25) is 0 Å². The third-order valence-corrected chi connectivity index (χ3v) is 4.16. The van der Waals surface area contributed by atoms with Crippen LogP contribution in [-0.4, -0.2) is 28.9 Å². The largest absolute Gasteiger partial charge is 0.355 e. The van der Waals surface area contributed by atoms with Crippen LogP contribution in [0, 0.1) is 0 Å². The minimum Gasteiger partial charge on any atom is -0.355 e. The summed E-state index contributed by atoms with van der Waals surface area (Å²) in [7, 11) is 0. The Labute approximate surface area is 113 Å². The molecule has 0 aromatic heterocycles. The number of nitrogens with zero attached hydrogens (tertiary/aromatic N) is 1. The Bertz CT molecular complexity index is 495. The average Bonchev–Trinajstić information content (AvgIpc) is 2.81. The fourth-order valence-corrected chi connectivity index (χ4v) is 2.82. The molecular weight excluding hydrogens is 298 g/mol. The van der Waals surface area contributed by atoms with Gasteiger partial charge in [-0.05, 0) is 24.5 Å². The van der Waals surface area contributed by atoms with Crippen LogP contribution in [0.25, 0.3) is 0 Å². The van der Waals surface area contributed by atoms with Crippen molar-refractivity contribution in [1.82, 2.24) is 4.90 Å². The van der Waals surface area contributed by atoms with E-state index in [4.69, 9.17) is 4.74 Å². The van der Waals surface area contributed by atoms with Gasteiger partial charge in [0.2, 0.25) is 0 Å². The molecule has 2 amide bonds. The monoisotopic (exact) mass is 309 g/mol. The minimum atomic E-state index is -0.421. The summed E-state index contributed by atoms with van der Waals surface area (Å²) in [6, 6.07) is 7.60. The fraction of sp³-hybridized carbons (Fsp3) is 0.385. The van der Waals surface area contributed by atoms with Gasteiger partial charge in [-0.2, -0.15) is 0 Å². The lowest BCUT2D eigenvalue weighted by atomic mass is 10.2. The summed E-state index contributed by atoms with van der Waals surface area (Å²) < 4.78 is 6.27. The van der Waals surface area contributed by atoms with Crippen LogP contribution in [0.3, 0.4) is 0 Å². The second kappa shape index (κ2) is 4.48. The maximum atomic E-state index is 12.1. The first-order valence-electron chi connectivity index (χ1n) is 5.91. The van der Waals surface area contributed by atoms with Crippen LogP contribution in [0.5, 0.6) is 0 Å². The molecule has 2 heterocycles. The average molecular weight is 310 g/mol. The van der Waals surface area contributed by atoms with Gasteiger partial charge in [0.15, 0.2) is 0 Å². The molecule has 2 aliphatic rings. The number of hydrogen-bond acceptors (Lipinski definition) is 3. The van der Waals surface area contributed by atoms with Gasteiger partial charge in [-0.1, -0.05) is 34.1 Å². The molecule has 2 unspecified atom stereocenters. The molecule has 2 aliphatic heterocycles. The first-order chi connectivity index (χ1) is 8.66. The van der Waals surface area contributed by atoms with E-state index in [9.17, 15) is 9.59 Å².